The minimum Gasteiger partial charge on any atom is -0.298 e. The van der Waals surface area contributed by atoms with Crippen LogP contribution in [0.15, 0.2) is 60.7 Å². The van der Waals surface area contributed by atoms with Gasteiger partial charge < -0.3 is 0 Å². The Balaban J connectivity index is 1.51. The number of benzene rings is 2. The van der Waals surface area contributed by atoms with Crippen molar-refractivity contribution in [2.24, 2.45) is 44.3 Å². The molecule has 4 aliphatic carbocycles. The first kappa shape index (κ1) is 30.8. The largest absolute Gasteiger partial charge is 0.298 e. The summed E-state index contributed by atoms with van der Waals surface area (Å²) in [5.74, 6) is 1.25. The standard InChI is InChI=1S/C38H48Br2O2/c1-33(2)29-19-21-35(33,5)31(41)37(29,23-17-27(39)25-13-9-7-10-14-25)38(24-18-28(40)26-15-11-8-12-16-26)30-20-22-36(6,32(38)42)34(30,3)4/h7-16,27-30H,17-24H2,1-6H3/t27-,28-,29+,30+,35-,36-,37-,38+/m0/s1. The lowest BCUT2D eigenvalue weighted by atomic mass is 9.45. The molecule has 2 aromatic carbocycles. The molecule has 4 aliphatic rings. The van der Waals surface area contributed by atoms with Crippen molar-refractivity contribution in [2.45, 2.75) is 103 Å². The van der Waals surface area contributed by atoms with E-state index in [1.165, 1.54) is 11.1 Å². The number of hydrogen-bond acceptors (Lipinski definition) is 2. The van der Waals surface area contributed by atoms with Gasteiger partial charge in [0.1, 0.15) is 11.6 Å². The summed E-state index contributed by atoms with van der Waals surface area (Å²) in [5, 5.41) is 0. The maximum atomic E-state index is 15.4. The van der Waals surface area contributed by atoms with Crippen LogP contribution in [0.4, 0.5) is 0 Å². The fourth-order valence-electron chi connectivity index (χ4n) is 11.3. The van der Waals surface area contributed by atoms with Gasteiger partial charge in [0.2, 0.25) is 0 Å². The van der Waals surface area contributed by atoms with E-state index in [0.29, 0.717) is 11.6 Å². The van der Waals surface area contributed by atoms with Crippen molar-refractivity contribution in [2.75, 3.05) is 0 Å². The Morgan fingerprint density at radius 3 is 1.24 bits per heavy atom. The summed E-state index contributed by atoms with van der Waals surface area (Å²) in [6.45, 7) is 13.9. The van der Waals surface area contributed by atoms with Gasteiger partial charge in [-0.2, -0.15) is 0 Å². The molecule has 2 aromatic rings. The van der Waals surface area contributed by atoms with Crippen molar-refractivity contribution in [3.8, 4) is 0 Å². The van der Waals surface area contributed by atoms with Crippen LogP contribution in [0.25, 0.3) is 0 Å². The SMILES string of the molecule is CC1(C)[C@H]2CC[C@@]1(C)C(=O)[C@]2(CC[C@H](Br)c1ccccc1)[C@]1(CC[C@H](Br)c2ccccc2)C(=O)[C@]2(C)CC[C@@H]1C2(C)C. The molecular formula is C38H48Br2O2. The molecule has 0 saturated heterocycles. The normalized spacial score (nSPS) is 39.1. The smallest absolute Gasteiger partial charge is 0.146 e. The predicted molar refractivity (Wildman–Crippen MR) is 179 cm³/mol. The molecule has 4 heteroatoms. The van der Waals surface area contributed by atoms with Gasteiger partial charge in [-0.15, -0.1) is 0 Å². The highest BCUT2D eigenvalue weighted by Crippen LogP contribution is 2.83. The van der Waals surface area contributed by atoms with Crippen LogP contribution in [0.2, 0.25) is 0 Å². The molecule has 0 unspecified atom stereocenters. The molecule has 0 spiro atoms. The summed E-state index contributed by atoms with van der Waals surface area (Å²) in [6.07, 6.45) is 7.23. The number of rotatable bonds is 9. The number of fused-ring (bicyclic) bond motifs is 4. The summed E-state index contributed by atoms with van der Waals surface area (Å²) in [4.78, 5) is 31.2. The molecule has 4 fully saturated rings. The summed E-state index contributed by atoms with van der Waals surface area (Å²) in [7, 11) is 0. The Morgan fingerprint density at radius 1 is 0.619 bits per heavy atom. The Bertz CT molecular complexity index is 1260. The first-order valence-corrected chi connectivity index (χ1v) is 18.0. The van der Waals surface area contributed by atoms with Crippen molar-refractivity contribution in [3.05, 3.63) is 71.8 Å². The van der Waals surface area contributed by atoms with Gasteiger partial charge in [-0.3, -0.25) is 9.59 Å². The fourth-order valence-corrected chi connectivity index (χ4v) is 12.3. The van der Waals surface area contributed by atoms with E-state index in [0.717, 1.165) is 51.4 Å². The van der Waals surface area contributed by atoms with Crippen LogP contribution in [0.5, 0.6) is 0 Å². The second kappa shape index (κ2) is 10.1. The van der Waals surface area contributed by atoms with E-state index in [-0.39, 0.29) is 43.2 Å². The number of Topliss-reactive ketones (excluding diaryl/α,β-unsaturated/α-hetero) is 2. The summed E-state index contributed by atoms with van der Waals surface area (Å²) in [5.41, 5.74) is 0.158. The molecule has 8 atom stereocenters. The molecule has 42 heavy (non-hydrogen) atoms. The van der Waals surface area contributed by atoms with E-state index in [1.807, 2.05) is 0 Å². The van der Waals surface area contributed by atoms with Crippen LogP contribution < -0.4 is 0 Å². The summed E-state index contributed by atoms with van der Waals surface area (Å²) < 4.78 is 0. The second-order valence-electron chi connectivity index (χ2n) is 15.7. The third-order valence-corrected chi connectivity index (χ3v) is 16.1. The van der Waals surface area contributed by atoms with Gasteiger partial charge in [0.15, 0.2) is 0 Å². The maximum absolute atomic E-state index is 15.4. The van der Waals surface area contributed by atoms with Crippen molar-refractivity contribution in [1.82, 2.24) is 0 Å². The first-order chi connectivity index (χ1) is 19.7. The number of carbonyl (C=O) groups excluding carboxylic acids is 2. The molecule has 0 heterocycles. The molecule has 0 aliphatic heterocycles. The lowest BCUT2D eigenvalue weighted by Crippen LogP contribution is -2.60. The molecule has 0 radical (unpaired) electrons. The fraction of sp³-hybridized carbons (Fsp3) is 0.632. The number of alkyl halides is 2. The molecule has 0 amide bonds. The molecule has 0 N–H and O–H groups in total. The van der Waals surface area contributed by atoms with Crippen LogP contribution in [-0.4, -0.2) is 11.6 Å². The quantitative estimate of drug-likeness (QED) is 0.245. The van der Waals surface area contributed by atoms with Crippen LogP contribution >= 0.6 is 31.9 Å². The van der Waals surface area contributed by atoms with Gasteiger partial charge in [-0.1, -0.05) is 134 Å². The van der Waals surface area contributed by atoms with E-state index in [2.05, 4.69) is 134 Å². The van der Waals surface area contributed by atoms with Crippen molar-refractivity contribution >= 4 is 43.4 Å². The average Bonchev–Trinajstić information content (AvgIpc) is 3.46. The Kier molecular flexibility index (Phi) is 7.42. The second-order valence-corrected chi connectivity index (χ2v) is 17.9. The van der Waals surface area contributed by atoms with E-state index in [9.17, 15) is 0 Å². The molecule has 4 bridgehead atoms. The third kappa shape index (κ3) is 3.72. The van der Waals surface area contributed by atoms with Gasteiger partial charge in [0.25, 0.3) is 0 Å². The van der Waals surface area contributed by atoms with Gasteiger partial charge in [0.05, 0.1) is 0 Å². The van der Waals surface area contributed by atoms with Crippen molar-refractivity contribution in [1.29, 1.82) is 0 Å². The van der Waals surface area contributed by atoms with E-state index < -0.39 is 10.8 Å². The first-order valence-electron chi connectivity index (χ1n) is 16.2. The topological polar surface area (TPSA) is 34.1 Å². The molecule has 2 nitrogen and oxygen atoms in total. The lowest BCUT2D eigenvalue weighted by molar-refractivity contribution is -0.167. The van der Waals surface area contributed by atoms with Crippen molar-refractivity contribution < 1.29 is 9.59 Å². The van der Waals surface area contributed by atoms with Crippen molar-refractivity contribution in [3.63, 3.8) is 0 Å². The Hall–Kier alpha value is -1.26. The zero-order chi connectivity index (χ0) is 30.3. The van der Waals surface area contributed by atoms with Gasteiger partial charge in [-0.05, 0) is 85.2 Å². The predicted octanol–water partition coefficient (Wildman–Crippen LogP) is 10.8. The monoisotopic (exact) mass is 694 g/mol. The third-order valence-electron chi connectivity index (χ3n) is 14.2. The van der Waals surface area contributed by atoms with Crippen LogP contribution in [0, 0.1) is 44.3 Å². The van der Waals surface area contributed by atoms with Crippen LogP contribution in [-0.2, 0) is 9.59 Å². The lowest BCUT2D eigenvalue weighted by Gasteiger charge is -2.56. The average molecular weight is 697 g/mol. The highest BCUT2D eigenvalue weighted by molar-refractivity contribution is 9.09. The zero-order valence-corrected chi connectivity index (χ0v) is 29.5. The molecule has 226 valence electrons. The van der Waals surface area contributed by atoms with E-state index in [1.54, 1.807) is 0 Å². The minimum atomic E-state index is -0.648. The Labute approximate surface area is 270 Å². The molecule has 6 rings (SSSR count). The van der Waals surface area contributed by atoms with E-state index in [4.69, 9.17) is 0 Å². The summed E-state index contributed by atoms with van der Waals surface area (Å²) >= 11 is 8.07. The highest BCUT2D eigenvalue weighted by atomic mass is 79.9. The maximum Gasteiger partial charge on any atom is 0.146 e. The molecular weight excluding hydrogens is 648 g/mol. The number of ketones is 2. The molecule has 4 saturated carbocycles. The van der Waals surface area contributed by atoms with Gasteiger partial charge in [-0.25, -0.2) is 0 Å². The van der Waals surface area contributed by atoms with Gasteiger partial charge >= 0.3 is 0 Å². The number of hydrogen-bond donors (Lipinski definition) is 0. The van der Waals surface area contributed by atoms with Crippen LogP contribution in [0.3, 0.4) is 0 Å². The molecule has 0 aromatic heterocycles. The Morgan fingerprint density at radius 2 is 0.952 bits per heavy atom. The van der Waals surface area contributed by atoms with E-state index >= 15 is 9.59 Å². The number of carbonyl (C=O) groups is 2. The highest BCUT2D eigenvalue weighted by Gasteiger charge is 2.85. The minimum absolute atomic E-state index is 0.133. The summed E-state index contributed by atoms with van der Waals surface area (Å²) in [6, 6.07) is 21.2. The van der Waals surface area contributed by atoms with Gasteiger partial charge in [0, 0.05) is 31.3 Å². The zero-order valence-electron chi connectivity index (χ0n) is 26.3. The van der Waals surface area contributed by atoms with Crippen LogP contribution in [0.1, 0.15) is 114 Å². The number of halogens is 2.